The first-order chi connectivity index (χ1) is 16.0. The molecule has 33 heavy (non-hydrogen) atoms. The summed E-state index contributed by atoms with van der Waals surface area (Å²) >= 11 is 12.4. The minimum atomic E-state index is -0.655. The second-order valence-corrected chi connectivity index (χ2v) is 8.76. The molecular weight excluding hydrogens is 455 g/mol. The van der Waals surface area contributed by atoms with E-state index >= 15 is 0 Å². The van der Waals surface area contributed by atoms with Crippen molar-refractivity contribution in [1.82, 2.24) is 10.2 Å². The van der Waals surface area contributed by atoms with Gasteiger partial charge in [0.25, 0.3) is 0 Å². The van der Waals surface area contributed by atoms with E-state index in [1.807, 2.05) is 67.6 Å². The zero-order chi connectivity index (χ0) is 23.6. The molecule has 1 N–H and O–H groups in total. The molecule has 0 aliphatic heterocycles. The van der Waals surface area contributed by atoms with E-state index in [4.69, 9.17) is 23.2 Å². The molecule has 1 atom stereocenters. The zero-order valence-electron chi connectivity index (χ0n) is 18.6. The molecule has 4 nitrogen and oxygen atoms in total. The van der Waals surface area contributed by atoms with Crippen molar-refractivity contribution in [2.24, 2.45) is 0 Å². The number of amides is 2. The van der Waals surface area contributed by atoms with Crippen LogP contribution in [0.5, 0.6) is 0 Å². The van der Waals surface area contributed by atoms with E-state index in [1.165, 1.54) is 0 Å². The Balaban J connectivity index is 1.95. The molecule has 1 unspecified atom stereocenters. The van der Waals surface area contributed by atoms with Crippen molar-refractivity contribution in [3.63, 3.8) is 0 Å². The fourth-order valence-corrected chi connectivity index (χ4v) is 4.10. The summed E-state index contributed by atoms with van der Waals surface area (Å²) in [5.74, 6) is -0.331. The van der Waals surface area contributed by atoms with Crippen molar-refractivity contribution in [3.8, 4) is 0 Å². The first-order valence-corrected chi connectivity index (χ1v) is 11.8. The van der Waals surface area contributed by atoms with Crippen molar-refractivity contribution >= 4 is 35.0 Å². The molecule has 3 aromatic rings. The SMILES string of the molecule is CCCNC(=O)C(Cc1ccccc1)N(Cc1ccccc1)C(=O)Cc1ccc(Cl)cc1Cl. The quantitative estimate of drug-likeness (QED) is 0.402. The molecule has 0 heterocycles. The molecule has 172 valence electrons. The Bertz CT molecular complexity index is 1060. The van der Waals surface area contributed by atoms with E-state index in [2.05, 4.69) is 5.32 Å². The van der Waals surface area contributed by atoms with E-state index in [-0.39, 0.29) is 18.2 Å². The van der Waals surface area contributed by atoms with Crippen LogP contribution in [0.15, 0.2) is 78.9 Å². The molecule has 3 rings (SSSR count). The smallest absolute Gasteiger partial charge is 0.243 e. The summed E-state index contributed by atoms with van der Waals surface area (Å²) in [4.78, 5) is 28.5. The summed E-state index contributed by atoms with van der Waals surface area (Å²) in [5.41, 5.74) is 2.62. The lowest BCUT2D eigenvalue weighted by molar-refractivity contribution is -0.140. The largest absolute Gasteiger partial charge is 0.354 e. The van der Waals surface area contributed by atoms with Gasteiger partial charge in [0.1, 0.15) is 6.04 Å². The highest BCUT2D eigenvalue weighted by molar-refractivity contribution is 6.35. The lowest BCUT2D eigenvalue weighted by Crippen LogP contribution is -2.51. The molecule has 0 bridgehead atoms. The lowest BCUT2D eigenvalue weighted by atomic mass is 10.0. The van der Waals surface area contributed by atoms with E-state index in [1.54, 1.807) is 23.1 Å². The molecule has 0 fully saturated rings. The third-order valence-electron chi connectivity index (χ3n) is 5.37. The van der Waals surface area contributed by atoms with Gasteiger partial charge >= 0.3 is 0 Å². The number of nitrogens with zero attached hydrogens (tertiary/aromatic N) is 1. The maximum absolute atomic E-state index is 13.6. The lowest BCUT2D eigenvalue weighted by Gasteiger charge is -2.32. The first kappa shape index (κ1) is 24.8. The molecule has 0 saturated carbocycles. The van der Waals surface area contributed by atoms with Crippen molar-refractivity contribution in [1.29, 1.82) is 0 Å². The number of nitrogens with one attached hydrogen (secondary N) is 1. The van der Waals surface area contributed by atoms with Crippen LogP contribution in [-0.2, 0) is 29.0 Å². The molecule has 0 aromatic heterocycles. The minimum absolute atomic E-state index is 0.0786. The topological polar surface area (TPSA) is 49.4 Å². The highest BCUT2D eigenvalue weighted by Crippen LogP contribution is 2.23. The molecule has 6 heteroatoms. The van der Waals surface area contributed by atoms with Crippen LogP contribution in [-0.4, -0.2) is 29.3 Å². The molecular formula is C27H28Cl2N2O2. The van der Waals surface area contributed by atoms with Gasteiger partial charge in [-0.2, -0.15) is 0 Å². The highest BCUT2D eigenvalue weighted by Gasteiger charge is 2.30. The number of rotatable bonds is 10. The first-order valence-electron chi connectivity index (χ1n) is 11.1. The van der Waals surface area contributed by atoms with Crippen LogP contribution in [0.2, 0.25) is 10.0 Å². The van der Waals surface area contributed by atoms with Gasteiger partial charge < -0.3 is 10.2 Å². The summed E-state index contributed by atoms with van der Waals surface area (Å²) in [7, 11) is 0. The monoisotopic (exact) mass is 482 g/mol. The third kappa shape index (κ3) is 7.34. The van der Waals surface area contributed by atoms with E-state index in [0.717, 1.165) is 17.5 Å². The summed E-state index contributed by atoms with van der Waals surface area (Å²) in [6, 6.07) is 23.9. The number of carbonyl (C=O) groups is 2. The minimum Gasteiger partial charge on any atom is -0.354 e. The number of carbonyl (C=O) groups excluding carboxylic acids is 2. The van der Waals surface area contributed by atoms with Crippen LogP contribution in [0.1, 0.15) is 30.0 Å². The zero-order valence-corrected chi connectivity index (χ0v) is 20.1. The Hall–Kier alpha value is -2.82. The second-order valence-electron chi connectivity index (χ2n) is 7.92. The molecule has 0 spiro atoms. The fraction of sp³-hybridized carbons (Fsp3) is 0.259. The van der Waals surface area contributed by atoms with E-state index in [0.29, 0.717) is 35.1 Å². The normalized spacial score (nSPS) is 11.6. The van der Waals surface area contributed by atoms with E-state index < -0.39 is 6.04 Å². The van der Waals surface area contributed by atoms with Crippen molar-refractivity contribution in [2.75, 3.05) is 6.54 Å². The van der Waals surface area contributed by atoms with Gasteiger partial charge in [-0.3, -0.25) is 9.59 Å². The Morgan fingerprint density at radius 1 is 0.909 bits per heavy atom. The van der Waals surface area contributed by atoms with Crippen LogP contribution in [0.4, 0.5) is 0 Å². The van der Waals surface area contributed by atoms with Gasteiger partial charge in [0.2, 0.25) is 11.8 Å². The molecule has 3 aromatic carbocycles. The highest BCUT2D eigenvalue weighted by atomic mass is 35.5. The Kier molecular flexibility index (Phi) is 9.35. The second kappa shape index (κ2) is 12.4. The fourth-order valence-electron chi connectivity index (χ4n) is 3.63. The number of hydrogen-bond donors (Lipinski definition) is 1. The molecule has 2 amide bonds. The number of hydrogen-bond acceptors (Lipinski definition) is 2. The maximum Gasteiger partial charge on any atom is 0.243 e. The van der Waals surface area contributed by atoms with Crippen LogP contribution >= 0.6 is 23.2 Å². The van der Waals surface area contributed by atoms with Gasteiger partial charge in [0.05, 0.1) is 6.42 Å². The molecule has 0 aliphatic carbocycles. The van der Waals surface area contributed by atoms with Crippen LogP contribution in [0.3, 0.4) is 0 Å². The predicted octanol–water partition coefficient (Wildman–Crippen LogP) is 5.70. The van der Waals surface area contributed by atoms with Gasteiger partial charge in [-0.05, 0) is 35.2 Å². The molecule has 0 saturated heterocycles. The van der Waals surface area contributed by atoms with Crippen LogP contribution in [0.25, 0.3) is 0 Å². The maximum atomic E-state index is 13.6. The Labute approximate surface area is 205 Å². The standard InChI is InChI=1S/C27H28Cl2N2O2/c1-2-15-30-27(33)25(16-20-9-5-3-6-10-20)31(19-21-11-7-4-8-12-21)26(32)17-22-13-14-23(28)18-24(22)29/h3-14,18,25H,2,15-17,19H2,1H3,(H,30,33). The summed E-state index contributed by atoms with van der Waals surface area (Å²) in [6.45, 7) is 2.88. The molecule has 0 radical (unpaired) electrons. The number of halogens is 2. The Morgan fingerprint density at radius 2 is 1.55 bits per heavy atom. The van der Waals surface area contributed by atoms with Gasteiger partial charge in [-0.25, -0.2) is 0 Å². The van der Waals surface area contributed by atoms with Crippen LogP contribution < -0.4 is 5.32 Å². The summed E-state index contributed by atoms with van der Waals surface area (Å²) in [5, 5.41) is 3.93. The third-order valence-corrected chi connectivity index (χ3v) is 5.96. The van der Waals surface area contributed by atoms with Crippen molar-refractivity contribution in [3.05, 3.63) is 106 Å². The average molecular weight is 483 g/mol. The van der Waals surface area contributed by atoms with Gasteiger partial charge in [0, 0.05) is 29.6 Å². The summed E-state index contributed by atoms with van der Waals surface area (Å²) in [6.07, 6.45) is 1.31. The van der Waals surface area contributed by atoms with E-state index in [9.17, 15) is 9.59 Å². The van der Waals surface area contributed by atoms with Gasteiger partial charge in [-0.1, -0.05) is 96.9 Å². The van der Waals surface area contributed by atoms with Gasteiger partial charge in [-0.15, -0.1) is 0 Å². The number of benzene rings is 3. The van der Waals surface area contributed by atoms with Crippen molar-refractivity contribution in [2.45, 2.75) is 38.8 Å². The van der Waals surface area contributed by atoms with Crippen LogP contribution in [0, 0.1) is 0 Å². The average Bonchev–Trinajstić information content (AvgIpc) is 2.82. The van der Waals surface area contributed by atoms with Gasteiger partial charge in [0.15, 0.2) is 0 Å². The predicted molar refractivity (Wildman–Crippen MR) is 134 cm³/mol. The summed E-state index contributed by atoms with van der Waals surface area (Å²) < 4.78 is 0. The molecule has 0 aliphatic rings. The Morgan fingerprint density at radius 3 is 2.15 bits per heavy atom. The van der Waals surface area contributed by atoms with Crippen molar-refractivity contribution < 1.29 is 9.59 Å².